The van der Waals surface area contributed by atoms with Gasteiger partial charge in [-0.3, -0.25) is 10.1 Å². The smallest absolute Gasteiger partial charge is 0.270 e. The Morgan fingerprint density at radius 3 is 2.77 bits per heavy atom. The number of non-ortho nitro benzene ring substituents is 1. The monoisotopic (exact) mass is 305 g/mol. The number of aromatic nitrogens is 2. The predicted octanol–water partition coefficient (Wildman–Crippen LogP) is 3.98. The Morgan fingerprint density at radius 1 is 1.36 bits per heavy atom. The molecule has 1 aliphatic rings. The summed E-state index contributed by atoms with van der Waals surface area (Å²) in [5, 5.41) is 11.0. The molecule has 0 amide bonds. The number of hydrogen-bond donors (Lipinski definition) is 0. The number of hydrogen-bond acceptors (Lipinski definition) is 3. The normalized spacial score (nSPS) is 17.1. The molecule has 1 aliphatic carbocycles. The molecule has 0 aliphatic heterocycles. The van der Waals surface area contributed by atoms with Crippen molar-refractivity contribution in [3.8, 4) is 5.69 Å². The van der Waals surface area contributed by atoms with Crippen LogP contribution in [0.25, 0.3) is 11.3 Å². The minimum atomic E-state index is -2.70. The first-order valence-corrected chi connectivity index (χ1v) is 6.80. The van der Waals surface area contributed by atoms with Gasteiger partial charge in [-0.15, -0.1) is 0 Å². The third-order valence-corrected chi connectivity index (χ3v) is 3.73. The third kappa shape index (κ3) is 2.74. The summed E-state index contributed by atoms with van der Waals surface area (Å²) in [5.41, 5.74) is 1.94. The van der Waals surface area contributed by atoms with Gasteiger partial charge < -0.3 is 4.57 Å². The first-order chi connectivity index (χ1) is 10.5. The lowest BCUT2D eigenvalue weighted by Crippen LogP contribution is -2.18. The maximum atomic E-state index is 13.3. The van der Waals surface area contributed by atoms with Gasteiger partial charge in [0.05, 0.1) is 16.9 Å². The highest BCUT2D eigenvalue weighted by Gasteiger charge is 2.32. The van der Waals surface area contributed by atoms with Crippen molar-refractivity contribution in [2.75, 3.05) is 0 Å². The summed E-state index contributed by atoms with van der Waals surface area (Å²) in [4.78, 5) is 14.5. The Bertz CT molecular complexity index is 739. The topological polar surface area (TPSA) is 61.0 Å². The Balaban J connectivity index is 2.09. The van der Waals surface area contributed by atoms with E-state index in [4.69, 9.17) is 0 Å². The summed E-state index contributed by atoms with van der Waals surface area (Å²) in [6.45, 7) is 0. The quantitative estimate of drug-likeness (QED) is 0.636. The van der Waals surface area contributed by atoms with Crippen LogP contribution in [-0.2, 0) is 0 Å². The van der Waals surface area contributed by atoms with E-state index in [2.05, 4.69) is 4.98 Å². The zero-order valence-corrected chi connectivity index (χ0v) is 11.6. The van der Waals surface area contributed by atoms with E-state index in [0.717, 1.165) is 0 Å². The van der Waals surface area contributed by atoms with Gasteiger partial charge in [0.15, 0.2) is 0 Å². The van der Waals surface area contributed by atoms with E-state index in [0.29, 0.717) is 16.8 Å². The van der Waals surface area contributed by atoms with Gasteiger partial charge in [0.1, 0.15) is 0 Å². The second-order valence-corrected chi connectivity index (χ2v) is 5.22. The van der Waals surface area contributed by atoms with E-state index in [1.165, 1.54) is 18.2 Å². The molecule has 0 spiro atoms. The van der Waals surface area contributed by atoms with Gasteiger partial charge in [0, 0.05) is 42.9 Å². The fraction of sp³-hybridized carbons (Fsp3) is 0.267. The molecule has 0 bridgehead atoms. The highest BCUT2D eigenvalue weighted by atomic mass is 19.3. The number of rotatable bonds is 3. The molecule has 0 saturated heterocycles. The summed E-state index contributed by atoms with van der Waals surface area (Å²) < 4.78 is 28.3. The maximum absolute atomic E-state index is 13.3. The second kappa shape index (κ2) is 5.32. The molecule has 22 heavy (non-hydrogen) atoms. The first-order valence-electron chi connectivity index (χ1n) is 6.80. The van der Waals surface area contributed by atoms with E-state index >= 15 is 0 Å². The molecule has 5 nitrogen and oxygen atoms in total. The Morgan fingerprint density at radius 2 is 2.18 bits per heavy atom. The van der Waals surface area contributed by atoms with Crippen LogP contribution in [0.15, 0.2) is 43.0 Å². The number of nitro groups is 1. The van der Waals surface area contributed by atoms with Crippen LogP contribution in [0.5, 0.6) is 0 Å². The molecule has 1 aromatic carbocycles. The van der Waals surface area contributed by atoms with E-state index in [9.17, 15) is 18.9 Å². The molecular weight excluding hydrogens is 292 g/mol. The van der Waals surface area contributed by atoms with Gasteiger partial charge in [0.2, 0.25) is 0 Å². The van der Waals surface area contributed by atoms with Crippen molar-refractivity contribution in [3.05, 3.63) is 58.7 Å². The molecule has 1 heterocycles. The highest BCUT2D eigenvalue weighted by Crippen LogP contribution is 2.38. The van der Waals surface area contributed by atoms with Crippen LogP contribution < -0.4 is 0 Å². The van der Waals surface area contributed by atoms with Crippen molar-refractivity contribution in [1.82, 2.24) is 9.55 Å². The lowest BCUT2D eigenvalue weighted by molar-refractivity contribution is -0.384. The number of halogens is 2. The average Bonchev–Trinajstić information content (AvgIpc) is 3.00. The Kier molecular flexibility index (Phi) is 3.48. The third-order valence-electron chi connectivity index (χ3n) is 3.73. The molecule has 0 unspecified atom stereocenters. The second-order valence-electron chi connectivity index (χ2n) is 5.22. The summed E-state index contributed by atoms with van der Waals surface area (Å²) in [6, 6.07) is 4.45. The molecule has 0 atom stereocenters. The zero-order valence-electron chi connectivity index (χ0n) is 11.6. The van der Waals surface area contributed by atoms with Crippen molar-refractivity contribution >= 4 is 11.3 Å². The average molecular weight is 305 g/mol. The van der Waals surface area contributed by atoms with Gasteiger partial charge in [-0.25, -0.2) is 13.8 Å². The minimum Gasteiger partial charge on any atom is -0.306 e. The molecule has 2 aromatic rings. The first kappa shape index (κ1) is 14.4. The highest BCUT2D eigenvalue weighted by molar-refractivity contribution is 5.75. The van der Waals surface area contributed by atoms with Crippen molar-refractivity contribution in [1.29, 1.82) is 0 Å². The number of nitro benzene ring substituents is 1. The van der Waals surface area contributed by atoms with Crippen LogP contribution in [0.4, 0.5) is 14.5 Å². The number of alkyl halides is 2. The molecule has 1 aromatic heterocycles. The fourth-order valence-electron chi connectivity index (χ4n) is 2.56. The van der Waals surface area contributed by atoms with Gasteiger partial charge >= 0.3 is 0 Å². The largest absolute Gasteiger partial charge is 0.306 e. The van der Waals surface area contributed by atoms with E-state index in [1.54, 1.807) is 29.4 Å². The van der Waals surface area contributed by atoms with Gasteiger partial charge in [0.25, 0.3) is 11.6 Å². The predicted molar refractivity (Wildman–Crippen MR) is 77.0 cm³/mol. The van der Waals surface area contributed by atoms with Crippen molar-refractivity contribution in [2.24, 2.45) is 0 Å². The fourth-order valence-corrected chi connectivity index (χ4v) is 2.56. The lowest BCUT2D eigenvalue weighted by atomic mass is 9.90. The standard InChI is InChI=1S/C15H13F2N3O2/c16-15(17)5-3-11(4-6-15)13-9-12(20(21)22)1-2-14(13)19-8-7-18-10-19/h1-3,7-10H,4-6H2. The van der Waals surface area contributed by atoms with Crippen molar-refractivity contribution < 1.29 is 13.7 Å². The molecule has 0 radical (unpaired) electrons. The van der Waals surface area contributed by atoms with E-state index in [-0.39, 0.29) is 24.9 Å². The molecule has 114 valence electrons. The van der Waals surface area contributed by atoms with Gasteiger partial charge in [-0.2, -0.15) is 0 Å². The maximum Gasteiger partial charge on any atom is 0.270 e. The summed E-state index contributed by atoms with van der Waals surface area (Å²) in [6.07, 6.45) is 5.96. The van der Waals surface area contributed by atoms with Crippen LogP contribution in [-0.4, -0.2) is 20.4 Å². The molecular formula is C15H13F2N3O2. The zero-order chi connectivity index (χ0) is 15.7. The molecule has 0 fully saturated rings. The van der Waals surface area contributed by atoms with E-state index < -0.39 is 10.8 Å². The number of imidazole rings is 1. The summed E-state index contributed by atoms with van der Waals surface area (Å²) in [7, 11) is 0. The van der Waals surface area contributed by atoms with Crippen LogP contribution >= 0.6 is 0 Å². The molecule has 7 heteroatoms. The Hall–Kier alpha value is -2.57. The van der Waals surface area contributed by atoms with Crippen molar-refractivity contribution in [2.45, 2.75) is 25.2 Å². The Labute approximate surface area is 125 Å². The number of benzene rings is 1. The van der Waals surface area contributed by atoms with Gasteiger partial charge in [-0.05, 0) is 18.1 Å². The van der Waals surface area contributed by atoms with Gasteiger partial charge in [-0.1, -0.05) is 6.08 Å². The van der Waals surface area contributed by atoms with E-state index in [1.807, 2.05) is 0 Å². The molecule has 3 rings (SSSR count). The lowest BCUT2D eigenvalue weighted by Gasteiger charge is -2.23. The van der Waals surface area contributed by atoms with Crippen LogP contribution in [0.2, 0.25) is 0 Å². The number of allylic oxidation sites excluding steroid dienone is 2. The molecule has 0 N–H and O–H groups in total. The SMILES string of the molecule is O=[N+]([O-])c1ccc(-n2ccnc2)c(C2=CCC(F)(F)CC2)c1. The van der Waals surface area contributed by atoms with Crippen LogP contribution in [0.3, 0.4) is 0 Å². The summed E-state index contributed by atoms with van der Waals surface area (Å²) >= 11 is 0. The summed E-state index contributed by atoms with van der Waals surface area (Å²) in [5.74, 6) is -2.70. The van der Waals surface area contributed by atoms with Crippen LogP contribution in [0.1, 0.15) is 24.8 Å². The minimum absolute atomic E-state index is 0.0582. The van der Waals surface area contributed by atoms with Crippen molar-refractivity contribution in [3.63, 3.8) is 0 Å². The van der Waals surface area contributed by atoms with Crippen LogP contribution in [0, 0.1) is 10.1 Å². The number of nitrogens with zero attached hydrogens (tertiary/aromatic N) is 3. The molecule has 0 saturated carbocycles.